The van der Waals surface area contributed by atoms with E-state index in [2.05, 4.69) is 37.4 Å². The summed E-state index contributed by atoms with van der Waals surface area (Å²) in [5, 5.41) is 2.86. The number of halogens is 1. The van der Waals surface area contributed by atoms with E-state index in [0.717, 1.165) is 5.69 Å². The van der Waals surface area contributed by atoms with Crippen LogP contribution in [0.4, 0.5) is 0 Å². The van der Waals surface area contributed by atoms with Crippen molar-refractivity contribution in [3.8, 4) is 11.2 Å². The zero-order valence-corrected chi connectivity index (χ0v) is 8.31. The van der Waals surface area contributed by atoms with E-state index in [1.807, 2.05) is 17.8 Å². The summed E-state index contributed by atoms with van der Waals surface area (Å²) >= 11 is 2.13. The fraction of sp³-hybridized carbons (Fsp3) is 0.167. The molecular weight excluding hydrogens is 259 g/mol. The van der Waals surface area contributed by atoms with Crippen molar-refractivity contribution in [2.45, 2.75) is 0 Å². The quantitative estimate of drug-likeness (QED) is 0.525. The third-order valence-electron chi connectivity index (χ3n) is 0.923. The first-order valence-corrected chi connectivity index (χ1v) is 5.95. The molecule has 0 bridgehead atoms. The summed E-state index contributed by atoms with van der Waals surface area (Å²) in [6.07, 6.45) is 3.63. The minimum Gasteiger partial charge on any atom is -0.339 e. The smallest absolute Gasteiger partial charge is 0.132 e. The molecule has 4 heteroatoms. The van der Waals surface area contributed by atoms with Crippen LogP contribution < -0.4 is 0 Å². The molecule has 10 heavy (non-hydrogen) atoms. The molecule has 1 aromatic heterocycles. The molecular formula is C6H5IN2S. The molecule has 0 aliphatic carbocycles. The average molecular weight is 264 g/mol. The number of hydrogen-bond acceptors (Lipinski definition) is 2. The normalized spacial score (nSPS) is 8.60. The molecule has 0 atom stereocenters. The van der Waals surface area contributed by atoms with Crippen LogP contribution in [0.2, 0.25) is 0 Å². The van der Waals surface area contributed by atoms with Gasteiger partial charge in [0.15, 0.2) is 0 Å². The van der Waals surface area contributed by atoms with E-state index >= 15 is 0 Å². The number of aryl methyl sites for hydroxylation is 1. The van der Waals surface area contributed by atoms with Gasteiger partial charge in [-0.1, -0.05) is 0 Å². The molecule has 0 aliphatic heterocycles. The van der Waals surface area contributed by atoms with Crippen molar-refractivity contribution in [2.75, 3.05) is 0 Å². The number of hydrogen-bond donors (Lipinski definition) is 0. The van der Waals surface area contributed by atoms with Gasteiger partial charge in [0, 0.05) is 34.5 Å². The monoisotopic (exact) mass is 264 g/mol. The molecule has 0 aromatic carbocycles. The van der Waals surface area contributed by atoms with E-state index in [4.69, 9.17) is 0 Å². The molecule has 0 saturated heterocycles. The van der Waals surface area contributed by atoms with Crippen LogP contribution in [-0.2, 0) is 7.05 Å². The number of rotatable bonds is 0. The second-order valence-corrected chi connectivity index (χ2v) is 3.41. The maximum absolute atomic E-state index is 4.03. The van der Waals surface area contributed by atoms with E-state index in [1.54, 1.807) is 6.33 Å². The van der Waals surface area contributed by atoms with Crippen molar-refractivity contribution in [1.82, 2.24) is 9.55 Å². The van der Waals surface area contributed by atoms with Gasteiger partial charge in [-0.2, -0.15) is 0 Å². The van der Waals surface area contributed by atoms with Gasteiger partial charge in [-0.05, 0) is 20.1 Å². The summed E-state index contributed by atoms with van der Waals surface area (Å²) in [6, 6.07) is 0. The molecule has 0 radical (unpaired) electrons. The SMILES string of the molecule is Cn1cnc(C#CSI)c1. The highest BCUT2D eigenvalue weighted by Gasteiger charge is 1.87. The van der Waals surface area contributed by atoms with Gasteiger partial charge in [-0.25, -0.2) is 4.98 Å². The average Bonchev–Trinajstić information content (AvgIpc) is 2.31. The van der Waals surface area contributed by atoms with Crippen LogP contribution >= 0.6 is 30.1 Å². The summed E-state index contributed by atoms with van der Waals surface area (Å²) < 4.78 is 1.88. The fourth-order valence-electron chi connectivity index (χ4n) is 0.549. The molecule has 0 amide bonds. The van der Waals surface area contributed by atoms with Crippen molar-refractivity contribution < 1.29 is 0 Å². The summed E-state index contributed by atoms with van der Waals surface area (Å²) in [6.45, 7) is 0. The first kappa shape index (κ1) is 7.95. The van der Waals surface area contributed by atoms with Crippen LogP contribution in [0.3, 0.4) is 0 Å². The topological polar surface area (TPSA) is 17.8 Å². The molecule has 1 aromatic rings. The molecule has 0 spiro atoms. The lowest BCUT2D eigenvalue weighted by Gasteiger charge is -1.78. The van der Waals surface area contributed by atoms with Crippen molar-refractivity contribution in [2.24, 2.45) is 7.05 Å². The van der Waals surface area contributed by atoms with Crippen LogP contribution in [0.15, 0.2) is 12.5 Å². The molecule has 0 N–H and O–H groups in total. The van der Waals surface area contributed by atoms with E-state index in [-0.39, 0.29) is 0 Å². The maximum Gasteiger partial charge on any atom is 0.132 e. The van der Waals surface area contributed by atoms with E-state index in [9.17, 15) is 0 Å². The lowest BCUT2D eigenvalue weighted by atomic mass is 10.5. The number of aromatic nitrogens is 2. The number of nitrogens with zero attached hydrogens (tertiary/aromatic N) is 2. The predicted octanol–water partition coefficient (Wildman–Crippen LogP) is 1.81. The van der Waals surface area contributed by atoms with Crippen molar-refractivity contribution in [1.29, 1.82) is 0 Å². The molecule has 0 fully saturated rings. The number of imidazole rings is 1. The molecule has 1 heterocycles. The molecule has 1 rings (SSSR count). The molecule has 0 aliphatic rings. The summed E-state index contributed by atoms with van der Waals surface area (Å²) in [4.78, 5) is 4.03. The Bertz CT molecular complexity index is 271. The maximum atomic E-state index is 4.03. The van der Waals surface area contributed by atoms with Gasteiger partial charge in [0.25, 0.3) is 0 Å². The van der Waals surface area contributed by atoms with Gasteiger partial charge >= 0.3 is 0 Å². The second kappa shape index (κ2) is 3.88. The van der Waals surface area contributed by atoms with Crippen LogP contribution in [0, 0.1) is 11.2 Å². The summed E-state index contributed by atoms with van der Waals surface area (Å²) in [7, 11) is 3.39. The van der Waals surface area contributed by atoms with Gasteiger partial charge < -0.3 is 4.57 Å². The standard InChI is InChI=1S/C6H5IN2S/c1-9-4-6(8-5-9)2-3-10-7/h4-5H,1H3. The van der Waals surface area contributed by atoms with E-state index in [0.29, 0.717) is 0 Å². The Morgan fingerprint density at radius 3 is 3.10 bits per heavy atom. The van der Waals surface area contributed by atoms with Gasteiger partial charge in [0.2, 0.25) is 0 Å². The highest BCUT2D eigenvalue weighted by Crippen LogP contribution is 2.07. The van der Waals surface area contributed by atoms with Gasteiger partial charge in [-0.3, -0.25) is 0 Å². The Kier molecular flexibility index (Phi) is 3.09. The first-order chi connectivity index (χ1) is 4.83. The Morgan fingerprint density at radius 2 is 2.60 bits per heavy atom. The zero-order chi connectivity index (χ0) is 7.40. The Morgan fingerprint density at radius 1 is 1.80 bits per heavy atom. The largest absolute Gasteiger partial charge is 0.339 e. The first-order valence-electron chi connectivity index (χ1n) is 2.59. The van der Waals surface area contributed by atoms with Crippen LogP contribution in [0.1, 0.15) is 5.69 Å². The Labute approximate surface area is 76.0 Å². The predicted molar refractivity (Wildman–Crippen MR) is 51.7 cm³/mol. The lowest BCUT2D eigenvalue weighted by molar-refractivity contribution is 0.913. The lowest BCUT2D eigenvalue weighted by Crippen LogP contribution is -1.77. The highest BCUT2D eigenvalue weighted by atomic mass is 127. The van der Waals surface area contributed by atoms with Crippen LogP contribution in [0.25, 0.3) is 0 Å². The fourth-order valence-corrected chi connectivity index (χ4v) is 1.02. The molecule has 0 saturated carbocycles. The highest BCUT2D eigenvalue weighted by molar-refractivity contribution is 14.2. The van der Waals surface area contributed by atoms with Crippen LogP contribution in [0.5, 0.6) is 0 Å². The van der Waals surface area contributed by atoms with Crippen molar-refractivity contribution in [3.05, 3.63) is 18.2 Å². The van der Waals surface area contributed by atoms with Gasteiger partial charge in [0.05, 0.1) is 6.33 Å². The second-order valence-electron chi connectivity index (χ2n) is 1.73. The van der Waals surface area contributed by atoms with Gasteiger partial charge in [0.1, 0.15) is 5.69 Å². The Hall–Kier alpha value is -0.150. The summed E-state index contributed by atoms with van der Waals surface area (Å²) in [5.74, 6) is 2.89. The van der Waals surface area contributed by atoms with Gasteiger partial charge in [-0.15, -0.1) is 0 Å². The van der Waals surface area contributed by atoms with Crippen LogP contribution in [-0.4, -0.2) is 9.55 Å². The molecule has 0 unspecified atom stereocenters. The molecule has 52 valence electrons. The van der Waals surface area contributed by atoms with Crippen molar-refractivity contribution >= 4 is 30.1 Å². The molecule has 2 nitrogen and oxygen atoms in total. The summed E-state index contributed by atoms with van der Waals surface area (Å²) in [5.41, 5.74) is 0.826. The third-order valence-corrected chi connectivity index (χ3v) is 1.76. The minimum atomic E-state index is 0.826. The van der Waals surface area contributed by atoms with E-state index in [1.165, 1.54) is 8.93 Å². The minimum absolute atomic E-state index is 0.826. The third kappa shape index (κ3) is 2.23. The van der Waals surface area contributed by atoms with E-state index < -0.39 is 0 Å². The Balaban J connectivity index is 2.76. The zero-order valence-electron chi connectivity index (χ0n) is 5.34. The van der Waals surface area contributed by atoms with Crippen molar-refractivity contribution in [3.63, 3.8) is 0 Å².